The zero-order valence-electron chi connectivity index (χ0n) is 17.5. The van der Waals surface area contributed by atoms with Crippen molar-refractivity contribution in [3.05, 3.63) is 42.2 Å². The van der Waals surface area contributed by atoms with Gasteiger partial charge in [0.2, 0.25) is 6.79 Å². The molecule has 0 bridgehead atoms. The van der Waals surface area contributed by atoms with Crippen LogP contribution in [0.5, 0.6) is 11.5 Å². The number of imidazole rings is 1. The highest BCUT2D eigenvalue weighted by atomic mass is 16.7. The van der Waals surface area contributed by atoms with E-state index in [1.807, 2.05) is 43.5 Å². The van der Waals surface area contributed by atoms with Gasteiger partial charge in [0.25, 0.3) is 0 Å². The minimum atomic E-state index is -0.0780. The molecule has 1 saturated heterocycles. The van der Waals surface area contributed by atoms with E-state index < -0.39 is 0 Å². The summed E-state index contributed by atoms with van der Waals surface area (Å²) in [6.07, 6.45) is 3.52. The maximum atomic E-state index is 12.1. The van der Waals surface area contributed by atoms with Gasteiger partial charge < -0.3 is 24.3 Å². The van der Waals surface area contributed by atoms with E-state index in [4.69, 9.17) is 24.9 Å². The van der Waals surface area contributed by atoms with Gasteiger partial charge in [-0.05, 0) is 63.2 Å². The average molecular weight is 422 g/mol. The Balaban J connectivity index is 1.44. The standard InChI is InChI=1S/C23H26N4O4/c1-2-29-23(28)15-7-9-26(10-8-15)13-18-22(25-21-6-4-17(24)12-27(18)21)16-3-5-19-20(11-16)31-14-30-19/h3-6,11-12,15H,2,7-10,13-14,24H2,1H3. The average Bonchev–Trinajstić information content (AvgIpc) is 3.38. The van der Waals surface area contributed by atoms with E-state index in [2.05, 4.69) is 9.30 Å². The van der Waals surface area contributed by atoms with Crippen LogP contribution in [0, 0.1) is 5.92 Å². The third-order valence-electron chi connectivity index (χ3n) is 5.97. The molecular formula is C23H26N4O4. The van der Waals surface area contributed by atoms with E-state index in [1.54, 1.807) is 0 Å². The summed E-state index contributed by atoms with van der Waals surface area (Å²) in [5, 5.41) is 0. The van der Waals surface area contributed by atoms with Crippen molar-refractivity contribution in [2.45, 2.75) is 26.3 Å². The van der Waals surface area contributed by atoms with Crippen LogP contribution in [0.2, 0.25) is 0 Å². The van der Waals surface area contributed by atoms with Gasteiger partial charge in [-0.25, -0.2) is 4.98 Å². The molecule has 2 N–H and O–H groups in total. The van der Waals surface area contributed by atoms with Crippen LogP contribution in [0.25, 0.3) is 16.9 Å². The van der Waals surface area contributed by atoms with Gasteiger partial charge in [-0.3, -0.25) is 9.69 Å². The third-order valence-corrected chi connectivity index (χ3v) is 5.97. The van der Waals surface area contributed by atoms with Crippen LogP contribution in [-0.4, -0.2) is 46.7 Å². The van der Waals surface area contributed by atoms with Crippen LogP contribution < -0.4 is 15.2 Å². The lowest BCUT2D eigenvalue weighted by Gasteiger charge is -2.30. The molecule has 2 aliphatic heterocycles. The molecule has 0 atom stereocenters. The van der Waals surface area contributed by atoms with Crippen LogP contribution in [0.3, 0.4) is 0 Å². The van der Waals surface area contributed by atoms with E-state index >= 15 is 0 Å². The lowest BCUT2D eigenvalue weighted by molar-refractivity contribution is -0.149. The Bertz CT molecular complexity index is 1120. The number of fused-ring (bicyclic) bond motifs is 2. The molecule has 1 aromatic carbocycles. The summed E-state index contributed by atoms with van der Waals surface area (Å²) in [7, 11) is 0. The maximum absolute atomic E-state index is 12.1. The Morgan fingerprint density at radius 3 is 2.81 bits per heavy atom. The number of carbonyl (C=O) groups is 1. The molecule has 0 unspecified atom stereocenters. The molecule has 3 aromatic rings. The molecule has 0 saturated carbocycles. The number of carbonyl (C=O) groups excluding carboxylic acids is 1. The molecule has 8 nitrogen and oxygen atoms in total. The van der Waals surface area contributed by atoms with Gasteiger partial charge in [0, 0.05) is 24.0 Å². The van der Waals surface area contributed by atoms with Crippen LogP contribution in [0.4, 0.5) is 5.69 Å². The third kappa shape index (κ3) is 3.79. The molecule has 0 aliphatic carbocycles. The molecule has 2 aliphatic rings. The Kier molecular flexibility index (Phi) is 5.15. The molecule has 5 rings (SSSR count). The highest BCUT2D eigenvalue weighted by molar-refractivity contribution is 5.72. The predicted octanol–water partition coefficient (Wildman–Crippen LogP) is 3.09. The summed E-state index contributed by atoms with van der Waals surface area (Å²) in [6, 6.07) is 9.70. The summed E-state index contributed by atoms with van der Waals surface area (Å²) in [5.41, 5.74) is 10.5. The lowest BCUT2D eigenvalue weighted by Crippen LogP contribution is -2.36. The quantitative estimate of drug-likeness (QED) is 0.632. The van der Waals surface area contributed by atoms with Gasteiger partial charge in [-0.2, -0.15) is 0 Å². The summed E-state index contributed by atoms with van der Waals surface area (Å²) in [6.45, 7) is 4.90. The van der Waals surface area contributed by atoms with Crippen molar-refractivity contribution >= 4 is 17.3 Å². The van der Waals surface area contributed by atoms with Crippen molar-refractivity contribution in [3.63, 3.8) is 0 Å². The van der Waals surface area contributed by atoms with Crippen molar-refractivity contribution in [1.82, 2.24) is 14.3 Å². The van der Waals surface area contributed by atoms with Crippen molar-refractivity contribution in [2.24, 2.45) is 5.92 Å². The normalized spacial score (nSPS) is 16.7. The van der Waals surface area contributed by atoms with Gasteiger partial charge in [0.1, 0.15) is 5.65 Å². The van der Waals surface area contributed by atoms with Crippen LogP contribution >= 0.6 is 0 Å². The molecule has 31 heavy (non-hydrogen) atoms. The molecule has 8 heteroatoms. The van der Waals surface area contributed by atoms with Gasteiger partial charge in [-0.15, -0.1) is 0 Å². The number of nitrogens with zero attached hydrogens (tertiary/aromatic N) is 3. The Morgan fingerprint density at radius 1 is 1.19 bits per heavy atom. The lowest BCUT2D eigenvalue weighted by atomic mass is 9.96. The monoisotopic (exact) mass is 422 g/mol. The first-order valence-electron chi connectivity index (χ1n) is 10.7. The number of aromatic nitrogens is 2. The number of rotatable bonds is 5. The molecule has 1 fully saturated rings. The first kappa shape index (κ1) is 19.7. The number of hydrogen-bond donors (Lipinski definition) is 1. The minimum absolute atomic E-state index is 0.0117. The number of hydrogen-bond acceptors (Lipinski definition) is 7. The van der Waals surface area contributed by atoms with Crippen LogP contribution in [0.1, 0.15) is 25.5 Å². The van der Waals surface area contributed by atoms with E-state index in [-0.39, 0.29) is 18.7 Å². The SMILES string of the molecule is CCOC(=O)C1CCN(Cc2c(-c3ccc4c(c3)OCO4)nc3ccc(N)cn23)CC1. The number of likely N-dealkylation sites (tertiary alicyclic amines) is 1. The topological polar surface area (TPSA) is 91.3 Å². The number of benzene rings is 1. The van der Waals surface area contributed by atoms with Crippen molar-refractivity contribution in [1.29, 1.82) is 0 Å². The summed E-state index contributed by atoms with van der Waals surface area (Å²) < 4.78 is 18.3. The zero-order chi connectivity index (χ0) is 21.4. The molecule has 162 valence electrons. The fourth-order valence-corrected chi connectivity index (χ4v) is 4.33. The second-order valence-corrected chi connectivity index (χ2v) is 7.97. The molecule has 2 aromatic heterocycles. The fraction of sp³-hybridized carbons (Fsp3) is 0.391. The highest BCUT2D eigenvalue weighted by Gasteiger charge is 2.27. The molecule has 0 spiro atoms. The second kappa shape index (κ2) is 8.11. The highest BCUT2D eigenvalue weighted by Crippen LogP contribution is 2.37. The predicted molar refractivity (Wildman–Crippen MR) is 116 cm³/mol. The van der Waals surface area contributed by atoms with Gasteiger partial charge in [0.15, 0.2) is 11.5 Å². The number of esters is 1. The molecule has 4 heterocycles. The zero-order valence-corrected chi connectivity index (χ0v) is 17.5. The largest absolute Gasteiger partial charge is 0.466 e. The number of ether oxygens (including phenoxy) is 3. The molecule has 0 radical (unpaired) electrons. The number of piperidine rings is 1. The summed E-state index contributed by atoms with van der Waals surface area (Å²) >= 11 is 0. The van der Waals surface area contributed by atoms with Crippen molar-refractivity contribution in [3.8, 4) is 22.8 Å². The van der Waals surface area contributed by atoms with E-state index in [0.717, 1.165) is 60.0 Å². The van der Waals surface area contributed by atoms with Crippen LogP contribution in [0.15, 0.2) is 36.5 Å². The Hall–Kier alpha value is -3.26. The summed E-state index contributed by atoms with van der Waals surface area (Å²) in [5.74, 6) is 1.39. The number of nitrogens with two attached hydrogens (primary N) is 1. The van der Waals surface area contributed by atoms with E-state index in [1.165, 1.54) is 0 Å². The van der Waals surface area contributed by atoms with Crippen LogP contribution in [-0.2, 0) is 16.1 Å². The number of nitrogen functional groups attached to an aromatic ring is 1. The van der Waals surface area contributed by atoms with Gasteiger partial charge >= 0.3 is 5.97 Å². The van der Waals surface area contributed by atoms with Crippen molar-refractivity contribution in [2.75, 3.05) is 32.2 Å². The second-order valence-electron chi connectivity index (χ2n) is 7.97. The van der Waals surface area contributed by atoms with Gasteiger partial charge in [0.05, 0.1) is 23.9 Å². The fourth-order valence-electron chi connectivity index (χ4n) is 4.33. The Morgan fingerprint density at radius 2 is 2.00 bits per heavy atom. The first-order valence-corrected chi connectivity index (χ1v) is 10.7. The van der Waals surface area contributed by atoms with E-state index in [9.17, 15) is 4.79 Å². The first-order chi connectivity index (χ1) is 15.1. The maximum Gasteiger partial charge on any atom is 0.309 e. The molecular weight excluding hydrogens is 396 g/mol. The Labute approximate surface area is 180 Å². The number of anilines is 1. The number of pyridine rings is 1. The van der Waals surface area contributed by atoms with Gasteiger partial charge in [-0.1, -0.05) is 0 Å². The minimum Gasteiger partial charge on any atom is -0.466 e. The summed E-state index contributed by atoms with van der Waals surface area (Å²) in [4.78, 5) is 19.3. The molecule has 0 amide bonds. The smallest absolute Gasteiger partial charge is 0.309 e. The van der Waals surface area contributed by atoms with E-state index in [0.29, 0.717) is 18.8 Å². The van der Waals surface area contributed by atoms with Crippen molar-refractivity contribution < 1.29 is 19.0 Å².